The first-order chi connectivity index (χ1) is 13.1. The molecule has 2 unspecified atom stereocenters. The number of piperidine rings is 1. The smallest absolute Gasteiger partial charge is 0.255 e. The highest BCUT2D eigenvalue weighted by Crippen LogP contribution is 2.25. The lowest BCUT2D eigenvalue weighted by molar-refractivity contribution is -0.117. The van der Waals surface area contributed by atoms with Gasteiger partial charge >= 0.3 is 0 Å². The summed E-state index contributed by atoms with van der Waals surface area (Å²) in [4.78, 5) is 24.9. The maximum Gasteiger partial charge on any atom is 0.255 e. The molecule has 5 nitrogen and oxygen atoms in total. The second-order valence-corrected chi connectivity index (χ2v) is 7.20. The normalized spacial score (nSPS) is 17.1. The SMILES string of the molecule is CC(CC(=O)Nc1ccccc1NC(=O)c1ccccc1)C1CCCNC1.Cl. The Morgan fingerprint density at radius 1 is 1.04 bits per heavy atom. The fourth-order valence-corrected chi connectivity index (χ4v) is 3.51. The maximum atomic E-state index is 12.5. The number of nitrogens with one attached hydrogen (secondary N) is 3. The van der Waals surface area contributed by atoms with Crippen LogP contribution in [-0.2, 0) is 4.79 Å². The van der Waals surface area contributed by atoms with Crippen LogP contribution in [0.1, 0.15) is 36.5 Å². The van der Waals surface area contributed by atoms with Crippen molar-refractivity contribution in [3.8, 4) is 0 Å². The molecule has 0 aliphatic carbocycles. The van der Waals surface area contributed by atoms with Gasteiger partial charge in [-0.25, -0.2) is 0 Å². The number of carbonyl (C=O) groups excluding carboxylic acids is 2. The van der Waals surface area contributed by atoms with E-state index in [0.717, 1.165) is 13.1 Å². The van der Waals surface area contributed by atoms with Crippen molar-refractivity contribution in [1.82, 2.24) is 5.32 Å². The minimum atomic E-state index is -0.195. The minimum absolute atomic E-state index is 0. The predicted octanol–water partition coefficient (Wildman–Crippen LogP) is 4.33. The molecular weight excluding hydrogens is 374 g/mol. The Hall–Kier alpha value is -2.37. The summed E-state index contributed by atoms with van der Waals surface area (Å²) in [5, 5.41) is 9.25. The maximum absolute atomic E-state index is 12.5. The van der Waals surface area contributed by atoms with E-state index in [9.17, 15) is 9.59 Å². The molecule has 1 heterocycles. The molecule has 0 aromatic heterocycles. The number of rotatable bonds is 6. The van der Waals surface area contributed by atoms with Gasteiger partial charge in [0.15, 0.2) is 0 Å². The molecule has 3 rings (SSSR count). The van der Waals surface area contributed by atoms with E-state index in [0.29, 0.717) is 35.2 Å². The number of benzene rings is 2. The molecule has 6 heteroatoms. The average Bonchev–Trinajstić information content (AvgIpc) is 2.70. The van der Waals surface area contributed by atoms with E-state index in [2.05, 4.69) is 22.9 Å². The van der Waals surface area contributed by atoms with E-state index in [1.54, 1.807) is 18.2 Å². The zero-order chi connectivity index (χ0) is 19.1. The molecule has 3 N–H and O–H groups in total. The van der Waals surface area contributed by atoms with Crippen molar-refractivity contribution in [3.63, 3.8) is 0 Å². The highest BCUT2D eigenvalue weighted by molar-refractivity contribution is 6.07. The highest BCUT2D eigenvalue weighted by Gasteiger charge is 2.22. The number of amides is 2. The summed E-state index contributed by atoms with van der Waals surface area (Å²) in [7, 11) is 0. The molecule has 1 aliphatic rings. The Labute approximate surface area is 172 Å². The Morgan fingerprint density at radius 3 is 2.32 bits per heavy atom. The van der Waals surface area contributed by atoms with Crippen LogP contribution in [0.4, 0.5) is 11.4 Å². The third kappa shape index (κ3) is 6.08. The Bertz CT molecular complexity index is 776. The third-order valence-corrected chi connectivity index (χ3v) is 5.13. The van der Waals surface area contributed by atoms with E-state index < -0.39 is 0 Å². The lowest BCUT2D eigenvalue weighted by Crippen LogP contribution is -2.34. The molecule has 1 aliphatic heterocycles. The van der Waals surface area contributed by atoms with E-state index in [1.807, 2.05) is 36.4 Å². The molecule has 2 amide bonds. The Morgan fingerprint density at radius 2 is 1.68 bits per heavy atom. The molecule has 1 saturated heterocycles. The quantitative estimate of drug-likeness (QED) is 0.674. The van der Waals surface area contributed by atoms with Crippen molar-refractivity contribution in [3.05, 3.63) is 60.2 Å². The molecule has 2 atom stereocenters. The van der Waals surface area contributed by atoms with Crippen LogP contribution in [0.3, 0.4) is 0 Å². The van der Waals surface area contributed by atoms with Crippen molar-refractivity contribution >= 4 is 35.6 Å². The van der Waals surface area contributed by atoms with Crippen LogP contribution in [0.5, 0.6) is 0 Å². The van der Waals surface area contributed by atoms with Gasteiger partial charge in [-0.05, 0) is 62.0 Å². The van der Waals surface area contributed by atoms with Gasteiger partial charge in [-0.1, -0.05) is 37.3 Å². The fraction of sp³-hybridized carbons (Fsp3) is 0.364. The van der Waals surface area contributed by atoms with Crippen molar-refractivity contribution in [2.24, 2.45) is 11.8 Å². The van der Waals surface area contributed by atoms with Crippen molar-refractivity contribution in [1.29, 1.82) is 0 Å². The number of halogens is 1. The van der Waals surface area contributed by atoms with Gasteiger partial charge in [-0.3, -0.25) is 9.59 Å². The van der Waals surface area contributed by atoms with Gasteiger partial charge in [0.2, 0.25) is 5.91 Å². The zero-order valence-corrected chi connectivity index (χ0v) is 16.9. The van der Waals surface area contributed by atoms with Crippen LogP contribution < -0.4 is 16.0 Å². The van der Waals surface area contributed by atoms with E-state index in [-0.39, 0.29) is 24.2 Å². The summed E-state index contributed by atoms with van der Waals surface area (Å²) in [5.41, 5.74) is 1.81. The summed E-state index contributed by atoms with van der Waals surface area (Å²) in [5.74, 6) is 0.648. The second kappa shape index (κ2) is 10.8. The van der Waals surface area contributed by atoms with Crippen molar-refractivity contribution < 1.29 is 9.59 Å². The first-order valence-corrected chi connectivity index (χ1v) is 9.59. The van der Waals surface area contributed by atoms with Crippen molar-refractivity contribution in [2.75, 3.05) is 23.7 Å². The molecule has 0 spiro atoms. The molecule has 1 fully saturated rings. The second-order valence-electron chi connectivity index (χ2n) is 7.20. The van der Waals surface area contributed by atoms with Gasteiger partial charge in [0, 0.05) is 12.0 Å². The summed E-state index contributed by atoms with van der Waals surface area (Å²) in [6.45, 7) is 4.20. The van der Waals surface area contributed by atoms with Gasteiger partial charge < -0.3 is 16.0 Å². The number of anilines is 2. The number of hydrogen-bond donors (Lipinski definition) is 3. The number of hydrogen-bond acceptors (Lipinski definition) is 3. The van der Waals surface area contributed by atoms with Crippen LogP contribution >= 0.6 is 12.4 Å². The Kier molecular flexibility index (Phi) is 8.48. The van der Waals surface area contributed by atoms with Gasteiger partial charge in [0.05, 0.1) is 11.4 Å². The van der Waals surface area contributed by atoms with Crippen molar-refractivity contribution in [2.45, 2.75) is 26.2 Å². The summed E-state index contributed by atoms with van der Waals surface area (Å²) < 4.78 is 0. The summed E-state index contributed by atoms with van der Waals surface area (Å²) in [6.07, 6.45) is 2.82. The summed E-state index contributed by atoms with van der Waals surface area (Å²) >= 11 is 0. The van der Waals surface area contributed by atoms with Crippen LogP contribution in [0.25, 0.3) is 0 Å². The van der Waals surface area contributed by atoms with Crippen LogP contribution in [0.15, 0.2) is 54.6 Å². The monoisotopic (exact) mass is 401 g/mol. The van der Waals surface area contributed by atoms with Crippen LogP contribution in [-0.4, -0.2) is 24.9 Å². The number of para-hydroxylation sites is 2. The zero-order valence-electron chi connectivity index (χ0n) is 16.1. The lowest BCUT2D eigenvalue weighted by atomic mass is 9.85. The molecular formula is C22H28ClN3O2. The Balaban J connectivity index is 0.00000280. The van der Waals surface area contributed by atoms with Gasteiger partial charge in [0.1, 0.15) is 0 Å². The van der Waals surface area contributed by atoms with Crippen LogP contribution in [0.2, 0.25) is 0 Å². The molecule has 28 heavy (non-hydrogen) atoms. The highest BCUT2D eigenvalue weighted by atomic mass is 35.5. The first-order valence-electron chi connectivity index (χ1n) is 9.59. The molecule has 150 valence electrons. The number of carbonyl (C=O) groups is 2. The predicted molar refractivity (Wildman–Crippen MR) is 116 cm³/mol. The fourth-order valence-electron chi connectivity index (χ4n) is 3.51. The lowest BCUT2D eigenvalue weighted by Gasteiger charge is -2.28. The molecule has 2 aromatic rings. The molecule has 0 bridgehead atoms. The van der Waals surface area contributed by atoms with Gasteiger partial charge in [0.25, 0.3) is 5.91 Å². The van der Waals surface area contributed by atoms with E-state index in [1.165, 1.54) is 12.8 Å². The largest absolute Gasteiger partial charge is 0.324 e. The molecule has 0 radical (unpaired) electrons. The van der Waals surface area contributed by atoms with Gasteiger partial charge in [-0.15, -0.1) is 12.4 Å². The van der Waals surface area contributed by atoms with E-state index >= 15 is 0 Å². The standard InChI is InChI=1S/C22H27N3O2.ClH/c1-16(18-10-7-13-23-15-18)14-21(26)24-19-11-5-6-12-20(19)25-22(27)17-8-3-2-4-9-17;/h2-6,8-9,11-12,16,18,23H,7,10,13-15H2,1H3,(H,24,26)(H,25,27);1H. The minimum Gasteiger partial charge on any atom is -0.324 e. The topological polar surface area (TPSA) is 70.2 Å². The molecule has 2 aromatic carbocycles. The first kappa shape index (κ1) is 21.9. The summed E-state index contributed by atoms with van der Waals surface area (Å²) in [6, 6.07) is 16.3. The molecule has 0 saturated carbocycles. The average molecular weight is 402 g/mol. The van der Waals surface area contributed by atoms with Gasteiger partial charge in [-0.2, -0.15) is 0 Å². The van der Waals surface area contributed by atoms with E-state index in [4.69, 9.17) is 0 Å². The third-order valence-electron chi connectivity index (χ3n) is 5.13. The van der Waals surface area contributed by atoms with Crippen LogP contribution in [0, 0.1) is 11.8 Å².